The third-order valence-corrected chi connectivity index (χ3v) is 3.51. The number of aliphatic hydroxyl groups excluding tert-OH is 1. The number of nitrogens with two attached hydrogens (primary N) is 1. The Kier molecular flexibility index (Phi) is 6.89. The lowest BCUT2D eigenvalue weighted by atomic mass is 10.1. The van der Waals surface area contributed by atoms with Crippen LogP contribution in [0.5, 0.6) is 0 Å². The Hall–Kier alpha value is -1.06. The van der Waals surface area contributed by atoms with E-state index in [2.05, 4.69) is 25.7 Å². The number of anilines is 1. The lowest BCUT2D eigenvalue weighted by Gasteiger charge is -2.29. The minimum Gasteiger partial charge on any atom is -0.399 e. The van der Waals surface area contributed by atoms with E-state index < -0.39 is 6.10 Å². The molecule has 0 aliphatic rings. The normalized spacial score (nSPS) is 13.2. The lowest BCUT2D eigenvalue weighted by molar-refractivity contribution is 0.0942. The van der Waals surface area contributed by atoms with Crippen molar-refractivity contribution in [3.63, 3.8) is 0 Å². The van der Waals surface area contributed by atoms with Crippen molar-refractivity contribution in [1.29, 1.82) is 0 Å². The molecular weight excluding hydrogens is 236 g/mol. The molecule has 0 amide bonds. The molecule has 3 nitrogen and oxygen atoms in total. The summed E-state index contributed by atoms with van der Waals surface area (Å²) in [5.74, 6) is 0. The highest BCUT2D eigenvalue weighted by atomic mass is 16.3. The predicted octanol–water partition coefficient (Wildman–Crippen LogP) is 3.20. The highest BCUT2D eigenvalue weighted by molar-refractivity contribution is 5.39. The number of hydrogen-bond donors (Lipinski definition) is 2. The van der Waals surface area contributed by atoms with E-state index >= 15 is 0 Å². The van der Waals surface area contributed by atoms with Crippen molar-refractivity contribution in [3.05, 3.63) is 29.8 Å². The van der Waals surface area contributed by atoms with Gasteiger partial charge in [-0.05, 0) is 44.5 Å². The van der Waals surface area contributed by atoms with Crippen LogP contribution in [0.15, 0.2) is 24.3 Å². The second-order valence-electron chi connectivity index (χ2n) is 5.48. The van der Waals surface area contributed by atoms with E-state index in [9.17, 15) is 5.11 Å². The molecule has 1 unspecified atom stereocenters. The van der Waals surface area contributed by atoms with E-state index in [1.165, 1.54) is 19.3 Å². The van der Waals surface area contributed by atoms with Gasteiger partial charge in [-0.1, -0.05) is 31.9 Å². The Morgan fingerprint density at radius 1 is 1.16 bits per heavy atom. The molecule has 3 heteroatoms. The largest absolute Gasteiger partial charge is 0.399 e. The Morgan fingerprint density at radius 2 is 1.79 bits per heavy atom. The average Bonchev–Trinajstić information content (AvgIpc) is 2.38. The molecule has 3 N–H and O–H groups in total. The summed E-state index contributed by atoms with van der Waals surface area (Å²) < 4.78 is 0. The minimum absolute atomic E-state index is 0.440. The van der Waals surface area contributed by atoms with E-state index in [0.29, 0.717) is 12.6 Å². The third-order valence-electron chi connectivity index (χ3n) is 3.51. The summed E-state index contributed by atoms with van der Waals surface area (Å²) in [6, 6.07) is 7.96. The van der Waals surface area contributed by atoms with Crippen LogP contribution in [0, 0.1) is 0 Å². The van der Waals surface area contributed by atoms with Gasteiger partial charge in [-0.3, -0.25) is 4.90 Å². The highest BCUT2D eigenvalue weighted by Gasteiger charge is 2.15. The SMILES string of the molecule is CCCCCN(CC(O)c1ccc(N)cc1)C(C)C. The topological polar surface area (TPSA) is 49.5 Å². The number of nitrogen functional groups attached to an aromatic ring is 1. The monoisotopic (exact) mass is 264 g/mol. The first kappa shape index (κ1) is 16.0. The molecule has 0 aliphatic heterocycles. The van der Waals surface area contributed by atoms with Gasteiger partial charge in [-0.25, -0.2) is 0 Å². The van der Waals surface area contributed by atoms with E-state index in [-0.39, 0.29) is 0 Å². The second kappa shape index (κ2) is 8.18. The number of unbranched alkanes of at least 4 members (excludes halogenated alkanes) is 2. The molecule has 1 aromatic rings. The third kappa shape index (κ3) is 5.62. The first-order chi connectivity index (χ1) is 9.04. The molecule has 0 heterocycles. The van der Waals surface area contributed by atoms with Gasteiger partial charge in [0.15, 0.2) is 0 Å². The molecule has 0 saturated carbocycles. The standard InChI is InChI=1S/C16H28N2O/c1-4-5-6-11-18(13(2)3)12-16(19)14-7-9-15(17)10-8-14/h7-10,13,16,19H,4-6,11-12,17H2,1-3H3. The molecule has 1 rings (SSSR count). The minimum atomic E-state index is -0.440. The zero-order chi connectivity index (χ0) is 14.3. The van der Waals surface area contributed by atoms with Crippen molar-refractivity contribution in [2.45, 2.75) is 52.2 Å². The Labute approximate surface area is 117 Å². The zero-order valence-electron chi connectivity index (χ0n) is 12.5. The van der Waals surface area contributed by atoms with Crippen LogP contribution in [0.2, 0.25) is 0 Å². The summed E-state index contributed by atoms with van der Waals surface area (Å²) in [5, 5.41) is 10.3. The molecule has 108 valence electrons. The summed E-state index contributed by atoms with van der Waals surface area (Å²) in [7, 11) is 0. The summed E-state index contributed by atoms with van der Waals surface area (Å²) >= 11 is 0. The quantitative estimate of drug-likeness (QED) is 0.560. The number of hydrogen-bond acceptors (Lipinski definition) is 3. The maximum atomic E-state index is 10.3. The van der Waals surface area contributed by atoms with Gasteiger partial charge < -0.3 is 10.8 Å². The first-order valence-corrected chi connectivity index (χ1v) is 7.32. The van der Waals surface area contributed by atoms with Crippen molar-refractivity contribution in [3.8, 4) is 0 Å². The number of rotatable bonds is 8. The lowest BCUT2D eigenvalue weighted by Crippen LogP contribution is -2.35. The fourth-order valence-corrected chi connectivity index (χ4v) is 2.17. The van der Waals surface area contributed by atoms with Crippen LogP contribution >= 0.6 is 0 Å². The molecule has 1 aromatic carbocycles. The Morgan fingerprint density at radius 3 is 2.32 bits per heavy atom. The van der Waals surface area contributed by atoms with Crippen molar-refractivity contribution < 1.29 is 5.11 Å². The van der Waals surface area contributed by atoms with Crippen molar-refractivity contribution >= 4 is 5.69 Å². The smallest absolute Gasteiger partial charge is 0.0917 e. The maximum Gasteiger partial charge on any atom is 0.0917 e. The molecule has 19 heavy (non-hydrogen) atoms. The molecule has 1 atom stereocenters. The van der Waals surface area contributed by atoms with Gasteiger partial charge in [0.05, 0.1) is 6.10 Å². The van der Waals surface area contributed by atoms with Gasteiger partial charge in [0, 0.05) is 18.3 Å². The van der Waals surface area contributed by atoms with Gasteiger partial charge >= 0.3 is 0 Å². The van der Waals surface area contributed by atoms with Gasteiger partial charge in [0.2, 0.25) is 0 Å². The molecule has 0 fully saturated rings. The Balaban J connectivity index is 2.55. The van der Waals surface area contributed by atoms with E-state index in [1.807, 2.05) is 24.3 Å². The van der Waals surface area contributed by atoms with Crippen molar-refractivity contribution in [1.82, 2.24) is 4.90 Å². The van der Waals surface area contributed by atoms with Crippen LogP contribution in [-0.4, -0.2) is 29.1 Å². The molecular formula is C16H28N2O. The fourth-order valence-electron chi connectivity index (χ4n) is 2.17. The second-order valence-corrected chi connectivity index (χ2v) is 5.48. The maximum absolute atomic E-state index is 10.3. The first-order valence-electron chi connectivity index (χ1n) is 7.32. The van der Waals surface area contributed by atoms with Crippen LogP contribution in [0.3, 0.4) is 0 Å². The summed E-state index contributed by atoms with van der Waals surface area (Å²) in [6.07, 6.45) is 3.24. The fraction of sp³-hybridized carbons (Fsp3) is 0.625. The van der Waals surface area contributed by atoms with Crippen LogP contribution < -0.4 is 5.73 Å². The molecule has 0 radical (unpaired) electrons. The van der Waals surface area contributed by atoms with Crippen LogP contribution in [-0.2, 0) is 0 Å². The number of aliphatic hydroxyl groups is 1. The van der Waals surface area contributed by atoms with Crippen LogP contribution in [0.1, 0.15) is 51.7 Å². The van der Waals surface area contributed by atoms with Crippen LogP contribution in [0.25, 0.3) is 0 Å². The molecule has 0 bridgehead atoms. The predicted molar refractivity (Wildman–Crippen MR) is 82.0 cm³/mol. The molecule has 0 aliphatic carbocycles. The summed E-state index contributed by atoms with van der Waals surface area (Å²) in [5.41, 5.74) is 7.34. The van der Waals surface area contributed by atoms with Crippen molar-refractivity contribution in [2.75, 3.05) is 18.8 Å². The van der Waals surface area contributed by atoms with Crippen molar-refractivity contribution in [2.24, 2.45) is 0 Å². The van der Waals surface area contributed by atoms with Crippen LogP contribution in [0.4, 0.5) is 5.69 Å². The van der Waals surface area contributed by atoms with E-state index in [0.717, 1.165) is 17.8 Å². The van der Waals surface area contributed by atoms with Gasteiger partial charge in [-0.15, -0.1) is 0 Å². The van der Waals surface area contributed by atoms with E-state index in [4.69, 9.17) is 5.73 Å². The zero-order valence-corrected chi connectivity index (χ0v) is 12.5. The van der Waals surface area contributed by atoms with Gasteiger partial charge in [0.1, 0.15) is 0 Å². The van der Waals surface area contributed by atoms with E-state index in [1.54, 1.807) is 0 Å². The molecule has 0 aromatic heterocycles. The molecule has 0 spiro atoms. The number of benzene rings is 1. The van der Waals surface area contributed by atoms with Gasteiger partial charge in [0.25, 0.3) is 0 Å². The Bertz CT molecular complexity index is 348. The summed E-state index contributed by atoms with van der Waals surface area (Å²) in [4.78, 5) is 2.34. The summed E-state index contributed by atoms with van der Waals surface area (Å²) in [6.45, 7) is 8.31. The van der Waals surface area contributed by atoms with Gasteiger partial charge in [-0.2, -0.15) is 0 Å². The molecule has 0 saturated heterocycles. The number of nitrogens with zero attached hydrogens (tertiary/aromatic N) is 1. The average molecular weight is 264 g/mol. The highest BCUT2D eigenvalue weighted by Crippen LogP contribution is 2.17.